The van der Waals surface area contributed by atoms with Crippen LogP contribution in [0, 0.1) is 0 Å². The van der Waals surface area contributed by atoms with Crippen LogP contribution in [0.15, 0.2) is 30.3 Å². The predicted molar refractivity (Wildman–Crippen MR) is 55.8 cm³/mol. The van der Waals surface area contributed by atoms with Gasteiger partial charge in [0.1, 0.15) is 0 Å². The Labute approximate surface area is 98.0 Å². The number of benzene rings is 1. The molecule has 0 aliphatic rings. The number of hydrogen-bond donors (Lipinski definition) is 0. The van der Waals surface area contributed by atoms with Gasteiger partial charge in [0.2, 0.25) is 0 Å². The minimum absolute atomic E-state index is 0.0130. The van der Waals surface area contributed by atoms with Crippen LogP contribution in [0.4, 0.5) is 0 Å². The Morgan fingerprint density at radius 1 is 1.24 bits per heavy atom. The Kier molecular flexibility index (Phi) is 4.39. The fourth-order valence-corrected chi connectivity index (χ4v) is 1.36. The maximum atomic E-state index is 11.6. The summed E-state index contributed by atoms with van der Waals surface area (Å²) in [6, 6.07) is 7.70. The summed E-state index contributed by atoms with van der Waals surface area (Å²) >= 11 is 0. The molecule has 1 rings (SSSR count). The Morgan fingerprint density at radius 2 is 1.82 bits per heavy atom. The van der Waals surface area contributed by atoms with E-state index in [-0.39, 0.29) is 12.2 Å². The molecule has 0 aliphatic heterocycles. The Hall–Kier alpha value is -2.17. The molecule has 1 aromatic rings. The third-order valence-electron chi connectivity index (χ3n) is 2.11. The topological polar surface area (TPSA) is 83.5 Å². The highest BCUT2D eigenvalue weighted by Gasteiger charge is 2.28. The first-order chi connectivity index (χ1) is 8.07. The molecule has 0 radical (unpaired) electrons. The maximum Gasteiger partial charge on any atom is 0.375 e. The van der Waals surface area contributed by atoms with Gasteiger partial charge in [-0.1, -0.05) is 30.3 Å². The number of carbonyl (C=O) groups is 3. The lowest BCUT2D eigenvalue weighted by atomic mass is 9.95. The van der Waals surface area contributed by atoms with Gasteiger partial charge in [0.25, 0.3) is 5.78 Å². The second-order valence-corrected chi connectivity index (χ2v) is 3.25. The highest BCUT2D eigenvalue weighted by Crippen LogP contribution is 2.16. The molecule has 17 heavy (non-hydrogen) atoms. The van der Waals surface area contributed by atoms with E-state index >= 15 is 0 Å². The number of ketones is 1. The molecule has 0 aliphatic carbocycles. The summed E-state index contributed by atoms with van der Waals surface area (Å²) in [4.78, 5) is 33.7. The first kappa shape index (κ1) is 12.9. The van der Waals surface area contributed by atoms with Crippen LogP contribution in [0.2, 0.25) is 0 Å². The van der Waals surface area contributed by atoms with Gasteiger partial charge in [0.05, 0.1) is 18.5 Å². The van der Waals surface area contributed by atoms with E-state index in [2.05, 4.69) is 4.74 Å². The normalized spacial score (nSPS) is 11.6. The van der Waals surface area contributed by atoms with Crippen LogP contribution in [0.1, 0.15) is 18.4 Å². The molecule has 5 nitrogen and oxygen atoms in total. The van der Waals surface area contributed by atoms with Crippen LogP contribution < -0.4 is 5.11 Å². The molecular formula is C12H11O5-. The van der Waals surface area contributed by atoms with E-state index in [1.807, 2.05) is 0 Å². The largest absolute Gasteiger partial charge is 0.549 e. The van der Waals surface area contributed by atoms with Gasteiger partial charge in [-0.25, -0.2) is 4.79 Å². The van der Waals surface area contributed by atoms with Gasteiger partial charge in [-0.15, -0.1) is 0 Å². The van der Waals surface area contributed by atoms with Gasteiger partial charge in [-0.3, -0.25) is 4.79 Å². The molecule has 1 atom stereocenters. The number of hydrogen-bond acceptors (Lipinski definition) is 5. The number of carbonyl (C=O) groups excluding carboxylic acids is 3. The van der Waals surface area contributed by atoms with Gasteiger partial charge in [-0.2, -0.15) is 0 Å². The van der Waals surface area contributed by atoms with Gasteiger partial charge < -0.3 is 14.6 Å². The van der Waals surface area contributed by atoms with Crippen molar-refractivity contribution in [2.75, 3.05) is 6.61 Å². The minimum Gasteiger partial charge on any atom is -0.549 e. The molecule has 90 valence electrons. The van der Waals surface area contributed by atoms with E-state index in [0.717, 1.165) is 0 Å². The fraction of sp³-hybridized carbons (Fsp3) is 0.250. The van der Waals surface area contributed by atoms with Crippen molar-refractivity contribution in [3.05, 3.63) is 35.9 Å². The Morgan fingerprint density at radius 3 is 2.29 bits per heavy atom. The molecule has 0 amide bonds. The second-order valence-electron chi connectivity index (χ2n) is 3.25. The first-order valence-electron chi connectivity index (χ1n) is 5.04. The van der Waals surface area contributed by atoms with Gasteiger partial charge in [-0.05, 0) is 12.5 Å². The molecule has 0 bridgehead atoms. The Balaban J connectivity index is 2.99. The van der Waals surface area contributed by atoms with Crippen molar-refractivity contribution >= 4 is 17.7 Å². The zero-order valence-electron chi connectivity index (χ0n) is 9.21. The minimum atomic E-state index is -1.62. The van der Waals surface area contributed by atoms with Crippen molar-refractivity contribution in [2.24, 2.45) is 0 Å². The zero-order valence-corrected chi connectivity index (χ0v) is 9.21. The summed E-state index contributed by atoms with van der Waals surface area (Å²) in [5.74, 6) is -5.52. The number of carboxylic acid groups (broad SMARTS) is 1. The van der Waals surface area contributed by atoms with Crippen molar-refractivity contribution in [3.63, 3.8) is 0 Å². The lowest BCUT2D eigenvalue weighted by molar-refractivity contribution is -0.306. The van der Waals surface area contributed by atoms with Crippen molar-refractivity contribution in [1.29, 1.82) is 0 Å². The SMILES string of the molecule is CCOC(=O)C(=O)C(C(=O)[O-])c1ccccc1. The van der Waals surface area contributed by atoms with E-state index in [1.54, 1.807) is 18.2 Å². The smallest absolute Gasteiger partial charge is 0.375 e. The standard InChI is InChI=1S/C12H12O5/c1-2-17-12(16)10(13)9(11(14)15)8-6-4-3-5-7-8/h3-7,9H,2H2,1H3,(H,14,15)/p-1. The van der Waals surface area contributed by atoms with E-state index in [0.29, 0.717) is 0 Å². The molecule has 0 fully saturated rings. The number of ether oxygens (including phenoxy) is 1. The number of aliphatic carboxylic acids is 1. The van der Waals surface area contributed by atoms with E-state index < -0.39 is 23.6 Å². The molecule has 1 aromatic carbocycles. The van der Waals surface area contributed by atoms with Crippen LogP contribution in [-0.2, 0) is 19.1 Å². The number of esters is 1. The molecule has 0 spiro atoms. The van der Waals surface area contributed by atoms with E-state index in [9.17, 15) is 19.5 Å². The zero-order chi connectivity index (χ0) is 12.8. The van der Waals surface area contributed by atoms with Crippen LogP contribution in [0.5, 0.6) is 0 Å². The summed E-state index contributed by atoms with van der Waals surface area (Å²) in [5, 5.41) is 10.9. The molecule has 0 heterocycles. The third kappa shape index (κ3) is 3.14. The van der Waals surface area contributed by atoms with Crippen LogP contribution >= 0.6 is 0 Å². The molecule has 0 saturated heterocycles. The van der Waals surface area contributed by atoms with Crippen LogP contribution in [-0.4, -0.2) is 24.3 Å². The van der Waals surface area contributed by atoms with Gasteiger partial charge in [0.15, 0.2) is 0 Å². The number of carboxylic acids is 1. The molecule has 5 heteroatoms. The van der Waals surface area contributed by atoms with Crippen LogP contribution in [0.25, 0.3) is 0 Å². The first-order valence-corrected chi connectivity index (χ1v) is 5.04. The van der Waals surface area contributed by atoms with Crippen molar-refractivity contribution < 1.29 is 24.2 Å². The average Bonchev–Trinajstić information content (AvgIpc) is 2.30. The van der Waals surface area contributed by atoms with Crippen molar-refractivity contribution in [2.45, 2.75) is 12.8 Å². The van der Waals surface area contributed by atoms with E-state index in [1.165, 1.54) is 19.1 Å². The second kappa shape index (κ2) is 5.79. The number of rotatable bonds is 5. The highest BCUT2D eigenvalue weighted by atomic mass is 16.5. The summed E-state index contributed by atoms with van der Waals surface area (Å²) in [6.07, 6.45) is 0. The quantitative estimate of drug-likeness (QED) is 0.396. The van der Waals surface area contributed by atoms with Crippen molar-refractivity contribution in [1.82, 2.24) is 0 Å². The monoisotopic (exact) mass is 235 g/mol. The average molecular weight is 235 g/mol. The molecule has 0 aromatic heterocycles. The highest BCUT2D eigenvalue weighted by molar-refractivity contribution is 6.39. The molecule has 0 N–H and O–H groups in total. The Bertz CT molecular complexity index is 424. The number of Topliss-reactive ketones (excluding diaryl/α,β-unsaturated/α-hetero) is 1. The van der Waals surface area contributed by atoms with Crippen LogP contribution in [0.3, 0.4) is 0 Å². The summed E-state index contributed by atoms with van der Waals surface area (Å²) in [6.45, 7) is 1.54. The lowest BCUT2D eigenvalue weighted by Gasteiger charge is -2.15. The summed E-state index contributed by atoms with van der Waals surface area (Å²) in [7, 11) is 0. The van der Waals surface area contributed by atoms with E-state index in [4.69, 9.17) is 0 Å². The fourth-order valence-electron chi connectivity index (χ4n) is 1.36. The lowest BCUT2D eigenvalue weighted by Crippen LogP contribution is -2.38. The maximum absolute atomic E-state index is 11.6. The molecule has 1 unspecified atom stereocenters. The third-order valence-corrected chi connectivity index (χ3v) is 2.11. The van der Waals surface area contributed by atoms with Gasteiger partial charge >= 0.3 is 5.97 Å². The molecule has 0 saturated carbocycles. The predicted octanol–water partition coefficient (Wildman–Crippen LogP) is -0.348. The molecular weight excluding hydrogens is 224 g/mol. The summed E-state index contributed by atoms with van der Waals surface area (Å²) in [5.41, 5.74) is 0.200. The van der Waals surface area contributed by atoms with Crippen molar-refractivity contribution in [3.8, 4) is 0 Å². The van der Waals surface area contributed by atoms with Gasteiger partial charge in [0, 0.05) is 0 Å². The summed E-state index contributed by atoms with van der Waals surface area (Å²) < 4.78 is 4.48.